The van der Waals surface area contributed by atoms with Crippen molar-refractivity contribution in [1.82, 2.24) is 9.72 Å². The predicted molar refractivity (Wildman–Crippen MR) is 102 cm³/mol. The van der Waals surface area contributed by atoms with Gasteiger partial charge in [0.1, 0.15) is 5.76 Å². The highest BCUT2D eigenvalue weighted by Crippen LogP contribution is 2.48. The maximum Gasteiger partial charge on any atom is 0.264 e. The predicted octanol–water partition coefficient (Wildman–Crippen LogP) is 3.66. The molecular formula is C21H21N3O3. The van der Waals surface area contributed by atoms with E-state index in [4.69, 9.17) is 4.52 Å². The van der Waals surface area contributed by atoms with Gasteiger partial charge in [0, 0.05) is 34.6 Å². The number of pyridine rings is 1. The molecule has 0 spiro atoms. The number of benzene rings is 1. The van der Waals surface area contributed by atoms with Gasteiger partial charge in [0.05, 0.1) is 0 Å². The Bertz CT molecular complexity index is 1100. The number of nitrogens with zero attached hydrogens (tertiary/aromatic N) is 2. The van der Waals surface area contributed by atoms with E-state index in [1.807, 2.05) is 12.1 Å². The highest BCUT2D eigenvalue weighted by atomic mass is 16.5. The minimum absolute atomic E-state index is 0.0889. The van der Waals surface area contributed by atoms with Crippen LogP contribution in [0.2, 0.25) is 0 Å². The van der Waals surface area contributed by atoms with E-state index in [-0.39, 0.29) is 17.4 Å². The first kappa shape index (κ1) is 16.3. The van der Waals surface area contributed by atoms with Crippen molar-refractivity contribution < 1.29 is 9.32 Å². The van der Waals surface area contributed by atoms with Crippen LogP contribution in [0.4, 0.5) is 5.69 Å². The first-order chi connectivity index (χ1) is 13.1. The van der Waals surface area contributed by atoms with Crippen LogP contribution in [0.3, 0.4) is 0 Å². The van der Waals surface area contributed by atoms with E-state index in [2.05, 4.69) is 10.5 Å². The summed E-state index contributed by atoms with van der Waals surface area (Å²) >= 11 is 0. The van der Waals surface area contributed by atoms with Crippen LogP contribution >= 0.6 is 0 Å². The molecule has 27 heavy (non-hydrogen) atoms. The summed E-state index contributed by atoms with van der Waals surface area (Å²) in [7, 11) is 0. The average Bonchev–Trinajstić information content (AvgIpc) is 3.39. The zero-order valence-electron chi connectivity index (χ0n) is 15.1. The number of carbonyl (C=O) groups is 1. The van der Waals surface area contributed by atoms with E-state index >= 15 is 0 Å². The number of nitrogens with one attached hydrogen (secondary N) is 1. The average molecular weight is 363 g/mol. The number of hydrogen-bond acceptors (Lipinski definition) is 4. The Kier molecular flexibility index (Phi) is 3.67. The molecule has 5 rings (SSSR count). The number of aryl methyl sites for hydroxylation is 1. The van der Waals surface area contributed by atoms with Gasteiger partial charge >= 0.3 is 0 Å². The highest BCUT2D eigenvalue weighted by molar-refractivity contribution is 6.02. The van der Waals surface area contributed by atoms with Gasteiger partial charge in [-0.25, -0.2) is 0 Å². The lowest BCUT2D eigenvalue weighted by molar-refractivity contribution is -0.121. The number of hydrogen-bond donors (Lipinski definition) is 1. The Morgan fingerprint density at radius 3 is 2.81 bits per heavy atom. The van der Waals surface area contributed by atoms with Crippen LogP contribution in [0.25, 0.3) is 16.6 Å². The first-order valence-electron chi connectivity index (χ1n) is 9.49. The minimum atomic E-state index is -0.183. The SMILES string of the molecule is Cc1cc(-n2ccc3c(NC(=O)C4C[C@@H]5CC[C@H]4C5)cccc3c2=O)no1. The summed E-state index contributed by atoms with van der Waals surface area (Å²) in [5.41, 5.74) is 0.512. The molecule has 1 amide bonds. The molecular weight excluding hydrogens is 342 g/mol. The molecule has 6 nitrogen and oxygen atoms in total. The molecule has 1 aromatic carbocycles. The molecule has 2 fully saturated rings. The largest absolute Gasteiger partial charge is 0.360 e. The smallest absolute Gasteiger partial charge is 0.264 e. The van der Waals surface area contributed by atoms with Crippen molar-refractivity contribution in [3.05, 3.63) is 52.6 Å². The Morgan fingerprint density at radius 2 is 2.11 bits per heavy atom. The highest BCUT2D eigenvalue weighted by Gasteiger charge is 2.43. The maximum absolute atomic E-state index is 12.9. The molecule has 0 radical (unpaired) electrons. The summed E-state index contributed by atoms with van der Waals surface area (Å²) < 4.78 is 6.54. The lowest BCUT2D eigenvalue weighted by Gasteiger charge is -2.21. The van der Waals surface area contributed by atoms with Crippen LogP contribution in [0, 0.1) is 24.7 Å². The van der Waals surface area contributed by atoms with E-state index in [0.29, 0.717) is 28.6 Å². The van der Waals surface area contributed by atoms with Gasteiger partial charge in [-0.1, -0.05) is 17.6 Å². The normalized spacial score (nSPS) is 23.8. The zero-order chi connectivity index (χ0) is 18.5. The minimum Gasteiger partial charge on any atom is -0.360 e. The first-order valence-corrected chi connectivity index (χ1v) is 9.49. The van der Waals surface area contributed by atoms with E-state index < -0.39 is 0 Å². The number of anilines is 1. The van der Waals surface area contributed by atoms with Crippen LogP contribution < -0.4 is 10.9 Å². The van der Waals surface area contributed by atoms with Gasteiger partial charge in [-0.2, -0.15) is 0 Å². The number of carbonyl (C=O) groups excluding carboxylic acids is 1. The lowest BCUT2D eigenvalue weighted by atomic mass is 9.88. The quantitative estimate of drug-likeness (QED) is 0.770. The fourth-order valence-corrected chi connectivity index (χ4v) is 4.83. The maximum atomic E-state index is 12.9. The van der Waals surface area contributed by atoms with E-state index in [9.17, 15) is 9.59 Å². The van der Waals surface area contributed by atoms with Gasteiger partial charge in [-0.15, -0.1) is 0 Å². The van der Waals surface area contributed by atoms with E-state index in [0.717, 1.165) is 17.7 Å². The molecule has 0 saturated heterocycles. The Balaban J connectivity index is 1.49. The Labute approximate surface area is 156 Å². The number of amides is 1. The van der Waals surface area contributed by atoms with Crippen molar-refractivity contribution in [2.24, 2.45) is 17.8 Å². The molecule has 2 aliphatic carbocycles. The van der Waals surface area contributed by atoms with Gasteiger partial charge < -0.3 is 9.84 Å². The third-order valence-electron chi connectivity index (χ3n) is 6.14. The fourth-order valence-electron chi connectivity index (χ4n) is 4.83. The van der Waals surface area contributed by atoms with Gasteiger partial charge in [0.25, 0.3) is 5.56 Å². The van der Waals surface area contributed by atoms with Gasteiger partial charge in [-0.05, 0) is 56.2 Å². The summed E-state index contributed by atoms with van der Waals surface area (Å²) in [6, 6.07) is 9.00. The molecule has 0 aliphatic heterocycles. The van der Waals surface area contributed by atoms with Crippen molar-refractivity contribution >= 4 is 22.4 Å². The molecule has 6 heteroatoms. The second kappa shape index (κ2) is 6.08. The van der Waals surface area contributed by atoms with Gasteiger partial charge in [0.2, 0.25) is 5.91 Å². The molecule has 2 saturated carbocycles. The molecule has 1 unspecified atom stereocenters. The molecule has 2 heterocycles. The number of rotatable bonds is 3. The third-order valence-corrected chi connectivity index (χ3v) is 6.14. The fraction of sp³-hybridized carbons (Fsp3) is 0.381. The summed E-state index contributed by atoms with van der Waals surface area (Å²) in [6.45, 7) is 1.78. The van der Waals surface area contributed by atoms with E-state index in [1.54, 1.807) is 31.3 Å². The zero-order valence-corrected chi connectivity index (χ0v) is 15.1. The monoisotopic (exact) mass is 363 g/mol. The standard InChI is InChI=1S/C21H21N3O3/c1-12-9-19(23-27-12)24-8-7-15-16(21(24)26)3-2-4-18(15)22-20(25)17-11-13-5-6-14(17)10-13/h2-4,7-9,13-14,17H,5-6,10-11H2,1H3,(H,22,25)/t13-,14+,17?/m1/s1. The topological polar surface area (TPSA) is 77.1 Å². The summed E-state index contributed by atoms with van der Waals surface area (Å²) in [6.07, 6.45) is 6.30. The van der Waals surface area contributed by atoms with Crippen molar-refractivity contribution in [3.8, 4) is 5.82 Å². The van der Waals surface area contributed by atoms with Crippen molar-refractivity contribution in [2.75, 3.05) is 5.32 Å². The molecule has 1 N–H and O–H groups in total. The molecule has 3 atom stereocenters. The van der Waals surface area contributed by atoms with Crippen molar-refractivity contribution in [1.29, 1.82) is 0 Å². The van der Waals surface area contributed by atoms with Crippen LogP contribution in [0.1, 0.15) is 31.4 Å². The number of fused-ring (bicyclic) bond motifs is 3. The van der Waals surface area contributed by atoms with Crippen LogP contribution in [-0.2, 0) is 4.79 Å². The van der Waals surface area contributed by atoms with E-state index in [1.165, 1.54) is 23.8 Å². The molecule has 2 bridgehead atoms. The summed E-state index contributed by atoms with van der Waals surface area (Å²) in [5, 5.41) is 8.29. The van der Waals surface area contributed by atoms with Crippen LogP contribution in [0.15, 0.2) is 45.8 Å². The Morgan fingerprint density at radius 1 is 1.22 bits per heavy atom. The van der Waals surface area contributed by atoms with Crippen molar-refractivity contribution in [3.63, 3.8) is 0 Å². The number of aromatic nitrogens is 2. The lowest BCUT2D eigenvalue weighted by Crippen LogP contribution is -2.27. The van der Waals surface area contributed by atoms with Crippen LogP contribution in [0.5, 0.6) is 0 Å². The van der Waals surface area contributed by atoms with Crippen molar-refractivity contribution in [2.45, 2.75) is 32.6 Å². The third kappa shape index (κ3) is 2.67. The van der Waals surface area contributed by atoms with Gasteiger partial charge in [-0.3, -0.25) is 14.2 Å². The summed E-state index contributed by atoms with van der Waals surface area (Å²) in [5.74, 6) is 2.54. The van der Waals surface area contributed by atoms with Gasteiger partial charge in [0.15, 0.2) is 5.82 Å². The second-order valence-electron chi connectivity index (χ2n) is 7.82. The second-order valence-corrected chi connectivity index (χ2v) is 7.82. The molecule has 138 valence electrons. The molecule has 3 aromatic rings. The molecule has 2 aliphatic rings. The molecule has 2 aromatic heterocycles. The van der Waals surface area contributed by atoms with Crippen LogP contribution in [-0.4, -0.2) is 15.6 Å². The summed E-state index contributed by atoms with van der Waals surface area (Å²) in [4.78, 5) is 25.7. The Hall–Kier alpha value is -2.89.